The molecule has 1 fully saturated rings. The van der Waals surface area contributed by atoms with Gasteiger partial charge in [0.05, 0.1) is 27.5 Å². The van der Waals surface area contributed by atoms with Gasteiger partial charge in [-0.25, -0.2) is 4.98 Å². The molecule has 1 saturated heterocycles. The fraction of sp³-hybridized carbons (Fsp3) is 0.235. The molecule has 4 nitrogen and oxygen atoms in total. The van der Waals surface area contributed by atoms with Crippen molar-refractivity contribution in [2.45, 2.75) is 22.9 Å². The number of rotatable bonds is 3. The summed E-state index contributed by atoms with van der Waals surface area (Å²) in [6, 6.07) is 11.0. The summed E-state index contributed by atoms with van der Waals surface area (Å²) in [6.07, 6.45) is -3.07. The van der Waals surface area contributed by atoms with Gasteiger partial charge >= 0.3 is 6.18 Å². The number of nitriles is 1. The number of aromatic nitrogens is 1. The van der Waals surface area contributed by atoms with Gasteiger partial charge in [0.2, 0.25) is 5.91 Å². The molecule has 1 aromatic heterocycles. The summed E-state index contributed by atoms with van der Waals surface area (Å²) >= 11 is 1.16. The average Bonchev–Trinajstić information content (AvgIpc) is 2.95. The number of thioether (sulfide) groups is 1. The Morgan fingerprint density at radius 2 is 1.92 bits per heavy atom. The first kappa shape index (κ1) is 17.3. The van der Waals surface area contributed by atoms with Crippen molar-refractivity contribution >= 4 is 23.4 Å². The molecule has 1 aliphatic rings. The molecule has 0 spiro atoms. The van der Waals surface area contributed by atoms with Crippen LogP contribution in [0.2, 0.25) is 0 Å². The van der Waals surface area contributed by atoms with E-state index in [9.17, 15) is 18.0 Å². The number of benzene rings is 1. The van der Waals surface area contributed by atoms with Crippen LogP contribution < -0.4 is 4.90 Å². The largest absolute Gasteiger partial charge is 0.417 e. The highest BCUT2D eigenvalue weighted by molar-refractivity contribution is 8.00. The van der Waals surface area contributed by atoms with Crippen LogP contribution in [0.1, 0.15) is 17.5 Å². The summed E-state index contributed by atoms with van der Waals surface area (Å²) in [6.45, 7) is 0.517. The number of alkyl halides is 3. The second-order valence-electron chi connectivity index (χ2n) is 5.43. The highest BCUT2D eigenvalue weighted by atomic mass is 32.2. The van der Waals surface area contributed by atoms with Crippen molar-refractivity contribution in [3.8, 4) is 6.07 Å². The fourth-order valence-corrected chi connectivity index (χ4v) is 3.50. The number of halogens is 3. The molecule has 1 aliphatic heterocycles. The molecule has 128 valence electrons. The third-order valence-electron chi connectivity index (χ3n) is 3.79. The Kier molecular flexibility index (Phi) is 4.68. The van der Waals surface area contributed by atoms with Crippen molar-refractivity contribution in [1.82, 2.24) is 4.98 Å². The van der Waals surface area contributed by atoms with Gasteiger partial charge in [-0.3, -0.25) is 4.79 Å². The maximum Gasteiger partial charge on any atom is 0.417 e. The van der Waals surface area contributed by atoms with Gasteiger partial charge in [-0.15, -0.1) is 0 Å². The Hall–Kier alpha value is -2.53. The van der Waals surface area contributed by atoms with Crippen LogP contribution in [0.5, 0.6) is 0 Å². The minimum Gasteiger partial charge on any atom is -0.311 e. The van der Waals surface area contributed by atoms with Gasteiger partial charge in [0, 0.05) is 18.4 Å². The summed E-state index contributed by atoms with van der Waals surface area (Å²) in [5.74, 6) is -0.114. The van der Waals surface area contributed by atoms with E-state index in [1.807, 2.05) is 6.07 Å². The Balaban J connectivity index is 1.68. The van der Waals surface area contributed by atoms with Gasteiger partial charge in [0.1, 0.15) is 0 Å². The minimum absolute atomic E-state index is 0.114. The molecule has 0 radical (unpaired) electrons. The van der Waals surface area contributed by atoms with E-state index in [0.717, 1.165) is 24.0 Å². The molecule has 2 aromatic rings. The van der Waals surface area contributed by atoms with Crippen molar-refractivity contribution < 1.29 is 18.0 Å². The highest BCUT2D eigenvalue weighted by Gasteiger charge is 2.34. The number of carbonyl (C=O) groups excluding carboxylic acids is 1. The molecule has 2 heterocycles. The lowest BCUT2D eigenvalue weighted by atomic mass is 10.2. The van der Waals surface area contributed by atoms with Crippen LogP contribution >= 0.6 is 11.8 Å². The van der Waals surface area contributed by atoms with Crippen LogP contribution in [0.3, 0.4) is 0 Å². The van der Waals surface area contributed by atoms with E-state index in [-0.39, 0.29) is 11.2 Å². The molecule has 3 rings (SSSR count). The van der Waals surface area contributed by atoms with Crippen LogP contribution in [0.15, 0.2) is 47.6 Å². The van der Waals surface area contributed by atoms with Crippen LogP contribution in [0.4, 0.5) is 18.9 Å². The highest BCUT2D eigenvalue weighted by Crippen LogP contribution is 2.34. The van der Waals surface area contributed by atoms with Crippen LogP contribution in [-0.4, -0.2) is 22.7 Å². The van der Waals surface area contributed by atoms with E-state index in [1.54, 1.807) is 29.2 Å². The zero-order chi connectivity index (χ0) is 18.0. The first-order valence-corrected chi connectivity index (χ1v) is 8.28. The van der Waals surface area contributed by atoms with E-state index >= 15 is 0 Å². The zero-order valence-electron chi connectivity index (χ0n) is 12.8. The third-order valence-corrected chi connectivity index (χ3v) is 5.00. The number of amides is 1. The quantitative estimate of drug-likeness (QED) is 0.831. The summed E-state index contributed by atoms with van der Waals surface area (Å²) in [5, 5.41) is 8.80. The van der Waals surface area contributed by atoms with Gasteiger partial charge in [-0.05, 0) is 42.8 Å². The maximum absolute atomic E-state index is 12.6. The summed E-state index contributed by atoms with van der Waals surface area (Å²) in [5.41, 5.74) is 0.400. The molecule has 0 bridgehead atoms. The van der Waals surface area contributed by atoms with Crippen LogP contribution in [0, 0.1) is 11.3 Å². The van der Waals surface area contributed by atoms with Gasteiger partial charge in [-0.2, -0.15) is 18.4 Å². The lowest BCUT2D eigenvalue weighted by Crippen LogP contribution is -2.27. The lowest BCUT2D eigenvalue weighted by molar-refractivity contribution is -0.137. The number of hydrogen-bond acceptors (Lipinski definition) is 4. The van der Waals surface area contributed by atoms with Crippen molar-refractivity contribution in [1.29, 1.82) is 5.26 Å². The van der Waals surface area contributed by atoms with Gasteiger partial charge < -0.3 is 4.90 Å². The fourth-order valence-electron chi connectivity index (χ4n) is 2.50. The Bertz CT molecular complexity index is 813. The second kappa shape index (κ2) is 6.76. The Morgan fingerprint density at radius 1 is 1.20 bits per heavy atom. The molecular weight excluding hydrogens is 351 g/mol. The minimum atomic E-state index is -4.42. The monoisotopic (exact) mass is 363 g/mol. The zero-order valence-corrected chi connectivity index (χ0v) is 13.6. The van der Waals surface area contributed by atoms with E-state index in [2.05, 4.69) is 4.98 Å². The molecule has 1 aromatic carbocycles. The van der Waals surface area contributed by atoms with E-state index in [4.69, 9.17) is 5.26 Å². The molecule has 0 aliphatic carbocycles. The predicted molar refractivity (Wildman–Crippen MR) is 87.0 cm³/mol. The van der Waals surface area contributed by atoms with Crippen molar-refractivity contribution in [3.05, 3.63) is 53.7 Å². The number of nitrogens with zero attached hydrogens (tertiary/aromatic N) is 3. The van der Waals surface area contributed by atoms with E-state index in [0.29, 0.717) is 29.2 Å². The lowest BCUT2D eigenvalue weighted by Gasteiger charge is -2.16. The standard InChI is InChI=1S/C17H12F3N3OS/c18-17(19,20)12-3-6-15(22-10-12)25-14-7-8-23(16(14)24)13-4-1-11(9-21)2-5-13/h1-6,10,14H,7-8H2. The molecule has 1 unspecified atom stereocenters. The van der Waals surface area contributed by atoms with Gasteiger partial charge in [-0.1, -0.05) is 11.8 Å². The van der Waals surface area contributed by atoms with Crippen molar-refractivity contribution in [2.75, 3.05) is 11.4 Å². The summed E-state index contributed by atoms with van der Waals surface area (Å²) in [7, 11) is 0. The number of hydrogen-bond donors (Lipinski definition) is 0. The third kappa shape index (κ3) is 3.77. The summed E-state index contributed by atoms with van der Waals surface area (Å²) in [4.78, 5) is 17.9. The number of pyridine rings is 1. The number of anilines is 1. The van der Waals surface area contributed by atoms with E-state index < -0.39 is 11.7 Å². The number of carbonyl (C=O) groups is 1. The molecule has 0 saturated carbocycles. The molecule has 0 N–H and O–H groups in total. The van der Waals surface area contributed by atoms with Crippen molar-refractivity contribution in [3.63, 3.8) is 0 Å². The molecule has 8 heteroatoms. The van der Waals surface area contributed by atoms with Gasteiger partial charge in [0.15, 0.2) is 0 Å². The first-order chi connectivity index (χ1) is 11.9. The Labute approximate surface area is 146 Å². The van der Waals surface area contributed by atoms with E-state index in [1.165, 1.54) is 6.07 Å². The molecular formula is C17H12F3N3OS. The normalized spacial score (nSPS) is 17.6. The maximum atomic E-state index is 12.6. The molecule has 1 amide bonds. The molecule has 1 atom stereocenters. The smallest absolute Gasteiger partial charge is 0.311 e. The van der Waals surface area contributed by atoms with Crippen LogP contribution in [0.25, 0.3) is 0 Å². The van der Waals surface area contributed by atoms with Crippen LogP contribution in [-0.2, 0) is 11.0 Å². The Morgan fingerprint density at radius 3 is 2.48 bits per heavy atom. The predicted octanol–water partition coefficient (Wildman–Crippen LogP) is 3.87. The topological polar surface area (TPSA) is 57.0 Å². The average molecular weight is 363 g/mol. The second-order valence-corrected chi connectivity index (χ2v) is 6.65. The summed E-state index contributed by atoms with van der Waals surface area (Å²) < 4.78 is 37.7. The SMILES string of the molecule is N#Cc1ccc(N2CCC(Sc3ccc(C(F)(F)F)cn3)C2=O)cc1. The first-order valence-electron chi connectivity index (χ1n) is 7.40. The molecule has 25 heavy (non-hydrogen) atoms. The van der Waals surface area contributed by atoms with Gasteiger partial charge in [0.25, 0.3) is 0 Å². The van der Waals surface area contributed by atoms with Crippen molar-refractivity contribution in [2.24, 2.45) is 0 Å².